The first-order chi connectivity index (χ1) is 18.5. The summed E-state index contributed by atoms with van der Waals surface area (Å²) < 4.78 is 27.8. The van der Waals surface area contributed by atoms with Gasteiger partial charge in [-0.15, -0.1) is 0 Å². The number of ketones is 1. The van der Waals surface area contributed by atoms with Crippen molar-refractivity contribution in [2.45, 2.75) is 76.4 Å². The number of nitrogens with zero attached hydrogens (tertiary/aromatic N) is 1. The normalized spacial score (nSPS) is 27.8. The van der Waals surface area contributed by atoms with Gasteiger partial charge in [0.1, 0.15) is 0 Å². The summed E-state index contributed by atoms with van der Waals surface area (Å²) in [5.74, 6) is -2.66. The van der Waals surface area contributed by atoms with Crippen LogP contribution >= 0.6 is 0 Å². The van der Waals surface area contributed by atoms with Crippen LogP contribution in [0.4, 0.5) is 8.78 Å². The molecule has 1 saturated carbocycles. The number of aliphatic hydroxyl groups is 3. The van der Waals surface area contributed by atoms with Gasteiger partial charge in [-0.05, 0) is 100 Å². The Morgan fingerprint density at radius 2 is 1.87 bits per heavy atom. The molecule has 2 aromatic rings. The lowest BCUT2D eigenvalue weighted by Gasteiger charge is -2.45. The van der Waals surface area contributed by atoms with Crippen molar-refractivity contribution in [2.24, 2.45) is 5.41 Å². The number of carbonyl (C=O) groups excluding carboxylic acids is 1. The zero-order valence-corrected chi connectivity index (χ0v) is 23.2. The number of hydrogen-bond acceptors (Lipinski definition) is 5. The van der Waals surface area contributed by atoms with E-state index in [9.17, 15) is 28.9 Å². The van der Waals surface area contributed by atoms with Gasteiger partial charge < -0.3 is 20.2 Å². The Kier molecular flexibility index (Phi) is 9.06. The number of aliphatic hydroxyl groups excluding tert-OH is 2. The average molecular weight is 542 g/mol. The van der Waals surface area contributed by atoms with Gasteiger partial charge in [-0.25, -0.2) is 8.78 Å². The van der Waals surface area contributed by atoms with E-state index >= 15 is 0 Å². The third-order valence-corrected chi connectivity index (χ3v) is 9.11. The molecule has 0 spiro atoms. The first kappa shape index (κ1) is 29.5. The summed E-state index contributed by atoms with van der Waals surface area (Å²) in [6.45, 7) is 4.99. The predicted molar refractivity (Wildman–Crippen MR) is 148 cm³/mol. The first-order valence-corrected chi connectivity index (χ1v) is 14.0. The standard InChI is InChI=1S/C32H41F2NO4/c1-21-5-4-13-31(2)27(12-14-32(31,39)20-35(3)15-16-36)25-10-7-22(17-24(37)9-6-21)18-26(25)30(38)23-8-11-28(33)29(34)19-23/h5,7-8,10-11,18-19,24,27,36-37,39H,4,6,9,12-17,20H2,1-3H3/t24-,27-,31-,32+/m0/s1. The van der Waals surface area contributed by atoms with Crippen LogP contribution in [0.2, 0.25) is 0 Å². The molecular formula is C32H41F2NO4. The quantitative estimate of drug-likeness (QED) is 0.348. The zero-order valence-electron chi connectivity index (χ0n) is 23.2. The average Bonchev–Trinajstić information content (AvgIpc) is 3.13. The van der Waals surface area contributed by atoms with E-state index < -0.39 is 34.5 Å². The van der Waals surface area contributed by atoms with Crippen molar-refractivity contribution in [1.82, 2.24) is 4.90 Å². The van der Waals surface area contributed by atoms with Gasteiger partial charge in [0.25, 0.3) is 0 Å². The number of halogens is 2. The molecule has 5 nitrogen and oxygen atoms in total. The van der Waals surface area contributed by atoms with Crippen molar-refractivity contribution in [2.75, 3.05) is 26.7 Å². The summed E-state index contributed by atoms with van der Waals surface area (Å²) in [6, 6.07) is 8.84. The highest BCUT2D eigenvalue weighted by Crippen LogP contribution is 2.58. The Morgan fingerprint density at radius 1 is 1.10 bits per heavy atom. The van der Waals surface area contributed by atoms with Crippen LogP contribution in [0.15, 0.2) is 48.0 Å². The topological polar surface area (TPSA) is 81.0 Å². The number of likely N-dealkylation sites (N-methyl/N-ethyl adjacent to an activating group) is 1. The highest BCUT2D eigenvalue weighted by atomic mass is 19.2. The van der Waals surface area contributed by atoms with Crippen LogP contribution < -0.4 is 0 Å². The predicted octanol–water partition coefficient (Wildman–Crippen LogP) is 5.16. The lowest BCUT2D eigenvalue weighted by atomic mass is 9.64. The summed E-state index contributed by atoms with van der Waals surface area (Å²) in [7, 11) is 1.89. The fourth-order valence-electron chi connectivity index (χ4n) is 6.69. The Balaban J connectivity index is 1.85. The van der Waals surface area contributed by atoms with Crippen LogP contribution in [0.25, 0.3) is 0 Å². The van der Waals surface area contributed by atoms with Crippen LogP contribution in [-0.2, 0) is 6.42 Å². The Morgan fingerprint density at radius 3 is 2.59 bits per heavy atom. The molecule has 0 radical (unpaired) electrons. The van der Waals surface area contributed by atoms with E-state index in [0.717, 1.165) is 36.1 Å². The maximum Gasteiger partial charge on any atom is 0.193 e. The maximum absolute atomic E-state index is 14.1. The second-order valence-electron chi connectivity index (χ2n) is 11.9. The van der Waals surface area contributed by atoms with Crippen LogP contribution in [0.3, 0.4) is 0 Å². The maximum atomic E-state index is 14.1. The molecule has 0 amide bonds. The highest BCUT2D eigenvalue weighted by molar-refractivity contribution is 6.10. The number of benzene rings is 2. The molecule has 4 atom stereocenters. The number of hydrogen-bond donors (Lipinski definition) is 3. The second kappa shape index (κ2) is 12.0. The second-order valence-corrected chi connectivity index (χ2v) is 11.9. The minimum absolute atomic E-state index is 0.00511. The van der Waals surface area contributed by atoms with Crippen molar-refractivity contribution < 1.29 is 28.9 Å². The van der Waals surface area contributed by atoms with Crippen molar-refractivity contribution in [3.63, 3.8) is 0 Å². The fraction of sp³-hybridized carbons (Fsp3) is 0.531. The molecule has 0 heterocycles. The van der Waals surface area contributed by atoms with E-state index in [-0.39, 0.29) is 18.1 Å². The molecule has 0 unspecified atom stereocenters. The summed E-state index contributed by atoms with van der Waals surface area (Å²) in [5.41, 5.74) is 1.59. The van der Waals surface area contributed by atoms with Crippen LogP contribution in [0.1, 0.15) is 85.3 Å². The largest absolute Gasteiger partial charge is 0.395 e. The summed E-state index contributed by atoms with van der Waals surface area (Å²) in [4.78, 5) is 15.8. The molecule has 3 aliphatic carbocycles. The van der Waals surface area contributed by atoms with Gasteiger partial charge >= 0.3 is 0 Å². The van der Waals surface area contributed by atoms with Crippen LogP contribution in [-0.4, -0.2) is 64.5 Å². The molecule has 3 N–H and O–H groups in total. The molecule has 7 heteroatoms. The van der Waals surface area contributed by atoms with E-state index in [2.05, 4.69) is 19.9 Å². The molecule has 0 aromatic heterocycles. The summed E-state index contributed by atoms with van der Waals surface area (Å²) >= 11 is 0. The lowest BCUT2D eigenvalue weighted by Crippen LogP contribution is -2.52. The van der Waals surface area contributed by atoms with Gasteiger partial charge in [-0.1, -0.05) is 30.7 Å². The number of allylic oxidation sites excluding steroid dienone is 2. The number of carbonyl (C=O) groups is 1. The van der Waals surface area contributed by atoms with Gasteiger partial charge in [-0.3, -0.25) is 4.79 Å². The zero-order chi connectivity index (χ0) is 28.4. The van der Waals surface area contributed by atoms with Crippen molar-refractivity contribution in [1.29, 1.82) is 0 Å². The highest BCUT2D eigenvalue weighted by Gasteiger charge is 2.57. The van der Waals surface area contributed by atoms with Crippen LogP contribution in [0.5, 0.6) is 0 Å². The third kappa shape index (κ3) is 6.17. The minimum atomic E-state index is -1.08. The molecule has 3 aliphatic rings. The smallest absolute Gasteiger partial charge is 0.193 e. The van der Waals surface area contributed by atoms with Gasteiger partial charge in [-0.2, -0.15) is 0 Å². The molecule has 0 saturated heterocycles. The fourth-order valence-corrected chi connectivity index (χ4v) is 6.69. The molecule has 0 aliphatic heterocycles. The first-order valence-electron chi connectivity index (χ1n) is 14.0. The van der Waals surface area contributed by atoms with Crippen molar-refractivity contribution >= 4 is 5.78 Å². The molecular weight excluding hydrogens is 500 g/mol. The van der Waals surface area contributed by atoms with Crippen LogP contribution in [0, 0.1) is 17.0 Å². The molecule has 2 aromatic carbocycles. The van der Waals surface area contributed by atoms with E-state index in [1.54, 1.807) is 6.07 Å². The molecule has 39 heavy (non-hydrogen) atoms. The lowest BCUT2D eigenvalue weighted by molar-refractivity contribution is -0.0810. The van der Waals surface area contributed by atoms with E-state index in [4.69, 9.17) is 0 Å². The van der Waals surface area contributed by atoms with E-state index in [1.165, 1.54) is 11.6 Å². The van der Waals surface area contributed by atoms with Gasteiger partial charge in [0, 0.05) is 29.6 Å². The molecule has 2 bridgehead atoms. The molecule has 1 fully saturated rings. The van der Waals surface area contributed by atoms with Crippen molar-refractivity contribution in [3.05, 3.63) is 81.9 Å². The SMILES string of the molecule is CC1=CCC[C@@]2(C)[C@@H](CC[C@@]2(O)CN(C)CCO)c2ccc(cc2C(=O)c2ccc(F)c(F)c2)C[C@@H](O)CC1. The minimum Gasteiger partial charge on any atom is -0.395 e. The van der Waals surface area contributed by atoms with E-state index in [0.29, 0.717) is 50.8 Å². The molecule has 5 rings (SSSR count). The van der Waals surface area contributed by atoms with Gasteiger partial charge in [0.2, 0.25) is 0 Å². The third-order valence-electron chi connectivity index (χ3n) is 9.11. The number of fused-ring (bicyclic) bond motifs is 8. The number of rotatable bonds is 6. The summed E-state index contributed by atoms with van der Waals surface area (Å²) in [6.07, 6.45) is 5.95. The molecule has 212 valence electrons. The Bertz CT molecular complexity index is 1230. The van der Waals surface area contributed by atoms with Gasteiger partial charge in [0.05, 0.1) is 18.3 Å². The Hall–Kier alpha value is -2.45. The Labute approximate surface area is 230 Å². The van der Waals surface area contributed by atoms with Crippen molar-refractivity contribution in [3.8, 4) is 0 Å². The van der Waals surface area contributed by atoms with E-state index in [1.807, 2.05) is 24.1 Å². The summed E-state index contributed by atoms with van der Waals surface area (Å²) in [5, 5.41) is 32.3. The monoisotopic (exact) mass is 541 g/mol. The van der Waals surface area contributed by atoms with Gasteiger partial charge in [0.15, 0.2) is 17.4 Å².